The molecule has 0 spiro atoms. The van der Waals surface area contributed by atoms with Gasteiger partial charge >= 0.3 is 6.03 Å². The maximum atomic E-state index is 14.0. The summed E-state index contributed by atoms with van der Waals surface area (Å²) in [6, 6.07) is 9.30. The van der Waals surface area contributed by atoms with E-state index in [1.54, 1.807) is 16.8 Å². The second-order valence-corrected chi connectivity index (χ2v) is 7.82. The van der Waals surface area contributed by atoms with Crippen LogP contribution in [0.5, 0.6) is 0 Å². The zero-order chi connectivity index (χ0) is 21.0. The summed E-state index contributed by atoms with van der Waals surface area (Å²) in [7, 11) is 1.70. The van der Waals surface area contributed by atoms with E-state index in [-0.39, 0.29) is 11.4 Å². The number of nitrogens with one attached hydrogen (secondary N) is 2. The van der Waals surface area contributed by atoms with Gasteiger partial charge in [-0.15, -0.1) is 0 Å². The first-order valence-corrected chi connectivity index (χ1v) is 9.77. The molecule has 5 rings (SSSR count). The highest BCUT2D eigenvalue weighted by molar-refractivity contribution is 5.87. The molecule has 2 N–H and O–H groups in total. The predicted molar refractivity (Wildman–Crippen MR) is 108 cm³/mol. The maximum Gasteiger partial charge on any atom is 0.320 e. The first kappa shape index (κ1) is 18.7. The number of carbonyl (C=O) groups is 1. The van der Waals surface area contributed by atoms with Crippen molar-refractivity contribution in [3.8, 4) is 0 Å². The van der Waals surface area contributed by atoms with E-state index in [4.69, 9.17) is 0 Å². The smallest absolute Gasteiger partial charge is 0.320 e. The lowest BCUT2D eigenvalue weighted by Crippen LogP contribution is -2.46. The first-order valence-electron chi connectivity index (χ1n) is 9.77. The zero-order valence-corrected chi connectivity index (χ0v) is 16.3. The molecular weight excluding hydrogens is 390 g/mol. The van der Waals surface area contributed by atoms with Gasteiger partial charge in [-0.25, -0.2) is 13.6 Å². The van der Waals surface area contributed by atoms with Crippen LogP contribution in [0.2, 0.25) is 0 Å². The van der Waals surface area contributed by atoms with Crippen molar-refractivity contribution < 1.29 is 13.6 Å². The van der Waals surface area contributed by atoms with Gasteiger partial charge in [-0.05, 0) is 28.6 Å². The van der Waals surface area contributed by atoms with E-state index < -0.39 is 23.2 Å². The summed E-state index contributed by atoms with van der Waals surface area (Å²) in [5.74, 6) is -2.09. The van der Waals surface area contributed by atoms with Crippen LogP contribution in [0, 0.1) is 11.6 Å². The van der Waals surface area contributed by atoms with Gasteiger partial charge in [0.1, 0.15) is 0 Å². The van der Waals surface area contributed by atoms with Crippen LogP contribution in [0.4, 0.5) is 13.6 Å². The minimum atomic E-state index is -1.07. The van der Waals surface area contributed by atoms with E-state index in [2.05, 4.69) is 10.3 Å². The number of hydrogen-bond acceptors (Lipinski definition) is 3. The van der Waals surface area contributed by atoms with Crippen molar-refractivity contribution in [1.29, 1.82) is 0 Å². The largest absolute Gasteiger partial charge is 0.324 e. The fourth-order valence-corrected chi connectivity index (χ4v) is 4.50. The highest BCUT2D eigenvalue weighted by atomic mass is 19.2. The van der Waals surface area contributed by atoms with E-state index in [1.807, 2.05) is 24.3 Å². The standard InChI is InChI=1S/C22H20F2N4O2/c1-27(22(30)28-10-12-4-2-3-5-13(12)11-28)19-9-25-8-18-20(19)14-6-16(23)17(24)7-15(14)21(29)26-18/h2-7,19,25H,8-11H2,1H3,(H,26,29)/t19-/m0/s1. The number of amides is 2. The van der Waals surface area contributed by atoms with Gasteiger partial charge in [0.25, 0.3) is 5.56 Å². The van der Waals surface area contributed by atoms with Gasteiger partial charge in [0.2, 0.25) is 0 Å². The van der Waals surface area contributed by atoms with Crippen molar-refractivity contribution in [3.05, 3.63) is 80.8 Å². The normalized spacial score (nSPS) is 17.7. The van der Waals surface area contributed by atoms with Crippen molar-refractivity contribution >= 4 is 16.8 Å². The molecule has 6 nitrogen and oxygen atoms in total. The number of likely N-dealkylation sites (N-methyl/N-ethyl adjacent to an activating group) is 1. The van der Waals surface area contributed by atoms with E-state index in [1.165, 1.54) is 0 Å². The third-order valence-electron chi connectivity index (χ3n) is 6.04. The van der Waals surface area contributed by atoms with Gasteiger partial charge in [-0.3, -0.25) is 4.79 Å². The summed E-state index contributed by atoms with van der Waals surface area (Å²) in [5.41, 5.74) is 2.99. The number of benzene rings is 2. The molecule has 0 bridgehead atoms. The number of nitrogens with zero attached hydrogens (tertiary/aromatic N) is 2. The monoisotopic (exact) mass is 410 g/mol. The lowest BCUT2D eigenvalue weighted by molar-refractivity contribution is 0.143. The number of fused-ring (bicyclic) bond motifs is 4. The Morgan fingerprint density at radius 3 is 2.40 bits per heavy atom. The second-order valence-electron chi connectivity index (χ2n) is 7.82. The van der Waals surface area contributed by atoms with E-state index >= 15 is 0 Å². The van der Waals surface area contributed by atoms with Crippen molar-refractivity contribution in [2.75, 3.05) is 13.6 Å². The topological polar surface area (TPSA) is 68.4 Å². The first-order chi connectivity index (χ1) is 14.4. The zero-order valence-electron chi connectivity index (χ0n) is 16.3. The van der Waals surface area contributed by atoms with Crippen LogP contribution in [-0.4, -0.2) is 34.4 Å². The summed E-state index contributed by atoms with van der Waals surface area (Å²) in [6.07, 6.45) is 0. The van der Waals surface area contributed by atoms with Crippen LogP contribution in [0.25, 0.3) is 10.8 Å². The van der Waals surface area contributed by atoms with Gasteiger partial charge in [-0.1, -0.05) is 24.3 Å². The van der Waals surface area contributed by atoms with E-state index in [0.717, 1.165) is 23.3 Å². The van der Waals surface area contributed by atoms with Crippen molar-refractivity contribution in [2.24, 2.45) is 0 Å². The molecule has 0 unspecified atom stereocenters. The Bertz CT molecular complexity index is 1210. The average molecular weight is 410 g/mol. The fraction of sp³-hybridized carbons (Fsp3) is 0.273. The molecule has 1 atom stereocenters. The summed E-state index contributed by atoms with van der Waals surface area (Å²) in [4.78, 5) is 31.8. The molecule has 0 aliphatic carbocycles. The molecule has 2 amide bonds. The van der Waals surface area contributed by atoms with Gasteiger partial charge in [0.15, 0.2) is 11.6 Å². The van der Waals surface area contributed by atoms with Crippen LogP contribution >= 0.6 is 0 Å². The third kappa shape index (κ3) is 2.87. The summed E-state index contributed by atoms with van der Waals surface area (Å²) < 4.78 is 27.8. The van der Waals surface area contributed by atoms with Crippen LogP contribution in [-0.2, 0) is 19.6 Å². The van der Waals surface area contributed by atoms with Crippen LogP contribution in [0.3, 0.4) is 0 Å². The molecule has 3 heterocycles. The number of carbonyl (C=O) groups excluding carboxylic acids is 1. The number of rotatable bonds is 1. The molecule has 0 saturated heterocycles. The van der Waals surface area contributed by atoms with E-state index in [0.29, 0.717) is 42.8 Å². The molecule has 2 aliphatic rings. The van der Waals surface area contributed by atoms with Crippen molar-refractivity contribution in [2.45, 2.75) is 25.7 Å². The molecule has 2 aromatic carbocycles. The number of pyridine rings is 1. The van der Waals surface area contributed by atoms with Gasteiger partial charge in [-0.2, -0.15) is 0 Å². The Hall–Kier alpha value is -3.26. The summed E-state index contributed by atoms with van der Waals surface area (Å²) >= 11 is 0. The highest BCUT2D eigenvalue weighted by Gasteiger charge is 2.33. The quantitative estimate of drug-likeness (QED) is 0.648. The Balaban J connectivity index is 1.54. The average Bonchev–Trinajstić information content (AvgIpc) is 3.18. The molecule has 154 valence electrons. The molecule has 1 aromatic heterocycles. The van der Waals surface area contributed by atoms with Gasteiger partial charge in [0, 0.05) is 44.5 Å². The number of aromatic amines is 1. The second kappa shape index (κ2) is 6.91. The molecule has 30 heavy (non-hydrogen) atoms. The summed E-state index contributed by atoms with van der Waals surface area (Å²) in [5, 5.41) is 3.62. The molecular formula is C22H20F2N4O2. The number of hydrogen-bond donors (Lipinski definition) is 2. The third-order valence-corrected chi connectivity index (χ3v) is 6.04. The van der Waals surface area contributed by atoms with Gasteiger partial charge in [0.05, 0.1) is 11.4 Å². The van der Waals surface area contributed by atoms with Crippen LogP contribution < -0.4 is 10.9 Å². The van der Waals surface area contributed by atoms with Crippen molar-refractivity contribution in [3.63, 3.8) is 0 Å². The minimum Gasteiger partial charge on any atom is -0.324 e. The van der Waals surface area contributed by atoms with Gasteiger partial charge < -0.3 is 20.1 Å². The molecule has 0 fully saturated rings. The molecule has 2 aliphatic heterocycles. The number of aromatic nitrogens is 1. The van der Waals surface area contributed by atoms with E-state index in [9.17, 15) is 18.4 Å². The molecule has 0 saturated carbocycles. The van der Waals surface area contributed by atoms with Crippen LogP contribution in [0.15, 0.2) is 41.2 Å². The van der Waals surface area contributed by atoms with Crippen LogP contribution in [0.1, 0.15) is 28.4 Å². The number of urea groups is 1. The SMILES string of the molecule is CN(C(=O)N1Cc2ccccc2C1)[C@H]1CNCc2[nH]c(=O)c3cc(F)c(F)cc3c21. The molecule has 0 radical (unpaired) electrons. The lowest BCUT2D eigenvalue weighted by atomic mass is 9.94. The Morgan fingerprint density at radius 2 is 1.73 bits per heavy atom. The highest BCUT2D eigenvalue weighted by Crippen LogP contribution is 2.33. The Morgan fingerprint density at radius 1 is 1.10 bits per heavy atom. The Labute approximate surface area is 171 Å². The Kier molecular flexibility index (Phi) is 4.32. The fourth-order valence-electron chi connectivity index (χ4n) is 4.50. The number of halogens is 2. The maximum absolute atomic E-state index is 14.0. The number of H-pyrrole nitrogens is 1. The predicted octanol–water partition coefficient (Wildman–Crippen LogP) is 3.02. The minimum absolute atomic E-state index is 0.0778. The molecule has 3 aromatic rings. The summed E-state index contributed by atoms with van der Waals surface area (Å²) in [6.45, 7) is 1.88. The lowest BCUT2D eigenvalue weighted by Gasteiger charge is -2.36. The van der Waals surface area contributed by atoms with Crippen molar-refractivity contribution in [1.82, 2.24) is 20.1 Å². The molecule has 8 heteroatoms.